The molecule has 0 saturated carbocycles. The minimum absolute atomic E-state index is 0.206. The average molecular weight is 411 g/mol. The van der Waals surface area contributed by atoms with Crippen molar-refractivity contribution >= 4 is 11.8 Å². The van der Waals surface area contributed by atoms with Crippen molar-refractivity contribution in [2.75, 3.05) is 30.2 Å². The molecule has 0 spiro atoms. The molecule has 0 amide bonds. The van der Waals surface area contributed by atoms with E-state index in [2.05, 4.69) is 14.7 Å². The lowest BCUT2D eigenvalue weighted by atomic mass is 10.1. The monoisotopic (exact) mass is 411 g/mol. The van der Waals surface area contributed by atoms with Crippen molar-refractivity contribution in [3.8, 4) is 5.88 Å². The van der Waals surface area contributed by atoms with E-state index in [1.807, 2.05) is 0 Å². The number of hydrogen-bond acceptors (Lipinski definition) is 6. The molecule has 0 radical (unpaired) electrons. The molecule has 1 aromatic rings. The zero-order valence-corrected chi connectivity index (χ0v) is 14.2. The van der Waals surface area contributed by atoms with Crippen molar-refractivity contribution < 1.29 is 39.9 Å². The lowest BCUT2D eigenvalue weighted by Crippen LogP contribution is -2.63. The minimum atomic E-state index is -6.72. The fourth-order valence-electron chi connectivity index (χ4n) is 1.90. The Hall–Kier alpha value is -2.12. The van der Waals surface area contributed by atoms with Gasteiger partial charge in [-0.15, -0.1) is 0 Å². The zero-order chi connectivity index (χ0) is 21.2. The van der Waals surface area contributed by atoms with Crippen LogP contribution in [-0.4, -0.2) is 54.5 Å². The van der Waals surface area contributed by atoms with Crippen LogP contribution in [0.3, 0.4) is 0 Å². The van der Waals surface area contributed by atoms with Crippen molar-refractivity contribution in [3.63, 3.8) is 0 Å². The molecule has 0 fully saturated rings. The van der Waals surface area contributed by atoms with Crippen LogP contribution >= 0.6 is 0 Å². The first-order valence-electron chi connectivity index (χ1n) is 7.34. The van der Waals surface area contributed by atoms with Gasteiger partial charge in [0.2, 0.25) is 11.8 Å². The first-order valence-corrected chi connectivity index (χ1v) is 7.34. The normalized spacial score (nSPS) is 13.1. The lowest BCUT2D eigenvalue weighted by molar-refractivity contribution is -0.336. The second kappa shape index (κ2) is 7.86. The number of halogens is 8. The second-order valence-electron chi connectivity index (χ2n) is 5.07. The summed E-state index contributed by atoms with van der Waals surface area (Å²) < 4.78 is 109. The van der Waals surface area contributed by atoms with Gasteiger partial charge >= 0.3 is 24.3 Å². The molecule has 1 heterocycles. The number of hydroxylamine groups is 1. The fourth-order valence-corrected chi connectivity index (χ4v) is 1.90. The van der Waals surface area contributed by atoms with Gasteiger partial charge < -0.3 is 19.9 Å². The van der Waals surface area contributed by atoms with E-state index in [0.29, 0.717) is 0 Å². The Morgan fingerprint density at radius 3 is 2.00 bits per heavy atom. The van der Waals surface area contributed by atoms with Gasteiger partial charge in [-0.1, -0.05) is 0 Å². The third kappa shape index (κ3) is 3.94. The number of hydrogen-bond donors (Lipinski definition) is 0. The Bertz CT molecular complexity index is 643. The van der Waals surface area contributed by atoms with E-state index in [4.69, 9.17) is 0 Å². The van der Waals surface area contributed by atoms with Gasteiger partial charge in [0.05, 0.1) is 7.11 Å². The Kier molecular flexibility index (Phi) is 6.67. The van der Waals surface area contributed by atoms with Gasteiger partial charge in [0.15, 0.2) is 0 Å². The summed E-state index contributed by atoms with van der Waals surface area (Å²) in [6.45, 7) is 3.70. The summed E-state index contributed by atoms with van der Waals surface area (Å²) in [5.41, 5.74) is 0. The first kappa shape index (κ1) is 22.9. The van der Waals surface area contributed by atoms with Crippen LogP contribution in [0.1, 0.15) is 13.8 Å². The highest BCUT2D eigenvalue weighted by Crippen LogP contribution is 2.50. The predicted molar refractivity (Wildman–Crippen MR) is 78.8 cm³/mol. The summed E-state index contributed by atoms with van der Waals surface area (Å²) in [6.07, 6.45) is -5.15. The molecule has 0 aromatic carbocycles. The number of anilines is 2. The predicted octanol–water partition coefficient (Wildman–Crippen LogP) is 3.76. The van der Waals surface area contributed by atoms with Crippen LogP contribution in [0.4, 0.5) is 46.9 Å². The standard InChI is InChI=1S/C13H15F8N4O2/c1-4-24(5-2)7-6-8(27-3)23-10(22-7)25(26)13(20,21)12(18,19)11(16,17)9(14)15/h6,9H,4-5H2,1-3H3/q-1. The molecule has 6 nitrogen and oxygen atoms in total. The van der Waals surface area contributed by atoms with E-state index in [-0.39, 0.29) is 18.9 Å². The third-order valence-electron chi connectivity index (χ3n) is 3.48. The van der Waals surface area contributed by atoms with E-state index >= 15 is 0 Å². The summed E-state index contributed by atoms with van der Waals surface area (Å²) in [5.74, 6) is -15.6. The highest BCUT2D eigenvalue weighted by atomic mass is 19.4. The number of rotatable bonds is 9. The van der Waals surface area contributed by atoms with Crippen LogP contribution < -0.4 is 14.7 Å². The van der Waals surface area contributed by atoms with Gasteiger partial charge in [-0.05, 0) is 13.8 Å². The van der Waals surface area contributed by atoms with Gasteiger partial charge in [0.1, 0.15) is 5.82 Å². The van der Waals surface area contributed by atoms with Crippen molar-refractivity contribution in [2.24, 2.45) is 0 Å². The molecular weight excluding hydrogens is 396 g/mol. The van der Waals surface area contributed by atoms with Gasteiger partial charge in [-0.25, -0.2) is 8.78 Å². The highest BCUT2D eigenvalue weighted by Gasteiger charge is 2.76. The molecule has 1 rings (SSSR count). The molecule has 0 saturated heterocycles. The fraction of sp³-hybridized carbons (Fsp3) is 0.692. The van der Waals surface area contributed by atoms with E-state index in [0.717, 1.165) is 13.2 Å². The molecule has 0 bridgehead atoms. The minimum Gasteiger partial charge on any atom is -0.752 e. The quantitative estimate of drug-likeness (QED) is 0.350. The molecule has 0 aliphatic heterocycles. The summed E-state index contributed by atoms with van der Waals surface area (Å²) in [6, 6.07) is -5.21. The Morgan fingerprint density at radius 2 is 1.59 bits per heavy atom. The van der Waals surface area contributed by atoms with Crippen LogP contribution in [0.25, 0.3) is 0 Å². The largest absolute Gasteiger partial charge is 0.752 e. The number of ether oxygens (including phenoxy) is 1. The van der Waals surface area contributed by atoms with Gasteiger partial charge in [0.25, 0.3) is 0 Å². The highest BCUT2D eigenvalue weighted by molar-refractivity contribution is 5.49. The Balaban J connectivity index is 3.46. The molecule has 0 N–H and O–H groups in total. The van der Waals surface area contributed by atoms with Gasteiger partial charge in [0, 0.05) is 19.2 Å². The third-order valence-corrected chi connectivity index (χ3v) is 3.48. The van der Waals surface area contributed by atoms with Crippen LogP contribution in [-0.2, 0) is 0 Å². The smallest absolute Gasteiger partial charge is 0.397 e. The van der Waals surface area contributed by atoms with Crippen LogP contribution in [0.5, 0.6) is 5.88 Å². The average Bonchev–Trinajstić information content (AvgIpc) is 2.61. The Labute approximate surface area is 148 Å². The molecule has 0 aliphatic carbocycles. The molecule has 14 heteroatoms. The molecule has 0 unspecified atom stereocenters. The second-order valence-corrected chi connectivity index (χ2v) is 5.07. The van der Waals surface area contributed by atoms with E-state index in [1.54, 1.807) is 13.8 Å². The SMILES string of the molecule is CCN(CC)c1cc(OC)nc(N([O-])C(F)(F)C(F)(F)C(F)(F)C(F)F)n1. The molecular formula is C13H15F8N4O2-. The number of alkyl halides is 8. The van der Waals surface area contributed by atoms with Crippen molar-refractivity contribution in [3.05, 3.63) is 11.3 Å². The van der Waals surface area contributed by atoms with Crippen molar-refractivity contribution in [1.82, 2.24) is 9.97 Å². The maximum absolute atomic E-state index is 13.8. The van der Waals surface area contributed by atoms with E-state index < -0.39 is 41.2 Å². The maximum atomic E-state index is 13.8. The van der Waals surface area contributed by atoms with Crippen LogP contribution in [0.2, 0.25) is 0 Å². The topological polar surface area (TPSA) is 64.5 Å². The molecule has 156 valence electrons. The zero-order valence-electron chi connectivity index (χ0n) is 14.2. The number of aromatic nitrogens is 2. The summed E-state index contributed by atoms with van der Waals surface area (Å²) in [5, 5.41) is 9.78. The molecule has 1 aromatic heterocycles. The first-order chi connectivity index (χ1) is 12.3. The number of nitrogens with zero attached hydrogens (tertiary/aromatic N) is 4. The van der Waals surface area contributed by atoms with Crippen molar-refractivity contribution in [1.29, 1.82) is 0 Å². The molecule has 0 atom stereocenters. The summed E-state index contributed by atoms with van der Waals surface area (Å²) in [7, 11) is 1.00. The van der Waals surface area contributed by atoms with E-state index in [9.17, 15) is 40.3 Å². The van der Waals surface area contributed by atoms with E-state index in [1.165, 1.54) is 4.90 Å². The maximum Gasteiger partial charge on any atom is 0.397 e. The molecule has 27 heavy (non-hydrogen) atoms. The summed E-state index contributed by atoms with van der Waals surface area (Å²) in [4.78, 5) is 7.83. The van der Waals surface area contributed by atoms with Crippen LogP contribution in [0.15, 0.2) is 6.07 Å². The lowest BCUT2D eigenvalue weighted by Gasteiger charge is -2.42. The van der Waals surface area contributed by atoms with Gasteiger partial charge in [-0.3, -0.25) is 0 Å². The van der Waals surface area contributed by atoms with Gasteiger partial charge in [-0.2, -0.15) is 36.3 Å². The molecule has 0 aliphatic rings. The Morgan fingerprint density at radius 1 is 1.07 bits per heavy atom. The number of methoxy groups -OCH3 is 1. The van der Waals surface area contributed by atoms with Crippen LogP contribution in [0, 0.1) is 5.21 Å². The summed E-state index contributed by atoms with van der Waals surface area (Å²) >= 11 is 0. The van der Waals surface area contributed by atoms with Crippen molar-refractivity contribution in [2.45, 2.75) is 38.2 Å².